The van der Waals surface area contributed by atoms with Crippen LogP contribution in [-0.2, 0) is 28.1 Å². The van der Waals surface area contributed by atoms with E-state index in [-0.39, 0.29) is 24.2 Å². The summed E-state index contributed by atoms with van der Waals surface area (Å²) in [4.78, 5) is 18.2. The molecule has 8 heteroatoms. The summed E-state index contributed by atoms with van der Waals surface area (Å²) in [5, 5.41) is 1.62. The molecular weight excluding hydrogens is 390 g/mol. The van der Waals surface area contributed by atoms with Crippen LogP contribution < -0.4 is 4.74 Å². The molecule has 1 aliphatic rings. The molecule has 0 radical (unpaired) electrons. The lowest BCUT2D eigenvalue weighted by molar-refractivity contribution is -0.134. The Labute approximate surface area is 169 Å². The van der Waals surface area contributed by atoms with E-state index in [4.69, 9.17) is 4.74 Å². The number of likely N-dealkylation sites (tertiary alicyclic amines) is 1. The van der Waals surface area contributed by atoms with Gasteiger partial charge in [0, 0.05) is 44.5 Å². The first kappa shape index (κ1) is 19.4. The monoisotopic (exact) mass is 413 g/mol. The zero-order valence-corrected chi connectivity index (χ0v) is 17.2. The first-order chi connectivity index (χ1) is 13.9. The van der Waals surface area contributed by atoms with Crippen LogP contribution in [-0.4, -0.2) is 54.2 Å². The second-order valence-electron chi connectivity index (χ2n) is 7.25. The van der Waals surface area contributed by atoms with E-state index < -0.39 is 15.1 Å². The van der Waals surface area contributed by atoms with Crippen LogP contribution in [0.25, 0.3) is 10.8 Å². The number of sulfone groups is 1. The summed E-state index contributed by atoms with van der Waals surface area (Å²) in [6.07, 6.45) is 3.91. The third kappa shape index (κ3) is 3.48. The van der Waals surface area contributed by atoms with Crippen LogP contribution in [0.1, 0.15) is 12.0 Å². The number of amides is 1. The Morgan fingerprint density at radius 1 is 1.21 bits per heavy atom. The van der Waals surface area contributed by atoms with Crippen LogP contribution in [0.4, 0.5) is 0 Å². The summed E-state index contributed by atoms with van der Waals surface area (Å²) in [7, 11) is -0.250. The predicted octanol–water partition coefficient (Wildman–Crippen LogP) is 2.20. The van der Waals surface area contributed by atoms with E-state index in [0.717, 1.165) is 22.1 Å². The molecule has 0 spiro atoms. The molecule has 0 N–H and O–H groups in total. The fourth-order valence-corrected chi connectivity index (χ4v) is 5.49. The van der Waals surface area contributed by atoms with Gasteiger partial charge in [0.05, 0.1) is 7.11 Å². The Bertz CT molecular complexity index is 1160. The number of ether oxygens (including phenoxy) is 1. The first-order valence-electron chi connectivity index (χ1n) is 9.45. The minimum atomic E-state index is -3.52. The van der Waals surface area contributed by atoms with E-state index in [0.29, 0.717) is 12.8 Å². The Morgan fingerprint density at radius 3 is 2.66 bits per heavy atom. The van der Waals surface area contributed by atoms with Gasteiger partial charge in [-0.05, 0) is 23.3 Å². The van der Waals surface area contributed by atoms with Crippen molar-refractivity contribution >= 4 is 26.5 Å². The molecule has 0 aliphatic carbocycles. The number of benzene rings is 2. The van der Waals surface area contributed by atoms with Crippen molar-refractivity contribution < 1.29 is 17.9 Å². The number of rotatable bonds is 6. The highest BCUT2D eigenvalue weighted by Gasteiger charge is 2.42. The number of carbonyl (C=O) groups excluding carboxylic acids is 1. The molecule has 0 atom stereocenters. The number of imidazole rings is 1. The van der Waals surface area contributed by atoms with Crippen LogP contribution in [0.5, 0.6) is 5.75 Å². The maximum absolute atomic E-state index is 12.6. The van der Waals surface area contributed by atoms with Crippen molar-refractivity contribution in [2.45, 2.75) is 23.2 Å². The second-order valence-corrected chi connectivity index (χ2v) is 9.38. The Morgan fingerprint density at radius 2 is 1.97 bits per heavy atom. The Balaban J connectivity index is 1.42. The number of carbonyl (C=O) groups is 1. The molecule has 1 aliphatic heterocycles. The van der Waals surface area contributed by atoms with Crippen LogP contribution in [0.3, 0.4) is 0 Å². The minimum absolute atomic E-state index is 0.0497. The molecule has 2 aromatic carbocycles. The topological polar surface area (TPSA) is 81.5 Å². The van der Waals surface area contributed by atoms with E-state index in [1.54, 1.807) is 25.3 Å². The fourth-order valence-electron chi connectivity index (χ4n) is 3.77. The summed E-state index contributed by atoms with van der Waals surface area (Å²) >= 11 is 0. The van der Waals surface area contributed by atoms with E-state index in [9.17, 15) is 13.2 Å². The lowest BCUT2D eigenvalue weighted by Gasteiger charge is -2.38. The third-order valence-corrected chi connectivity index (χ3v) is 7.56. The first-order valence-corrected chi connectivity index (χ1v) is 11.0. The number of nitrogens with zero attached hydrogens (tertiary/aromatic N) is 3. The van der Waals surface area contributed by atoms with Gasteiger partial charge in [-0.3, -0.25) is 4.79 Å². The summed E-state index contributed by atoms with van der Waals surface area (Å²) in [5.41, 5.74) is 0.997. The van der Waals surface area contributed by atoms with Crippen molar-refractivity contribution in [2.24, 2.45) is 7.05 Å². The molecule has 1 amide bonds. The average Bonchev–Trinajstić information content (AvgIpc) is 3.11. The molecule has 1 aromatic heterocycles. The van der Waals surface area contributed by atoms with Crippen LogP contribution >= 0.6 is 0 Å². The summed E-state index contributed by atoms with van der Waals surface area (Å²) in [6.45, 7) is 0.418. The number of fused-ring (bicyclic) bond motifs is 1. The minimum Gasteiger partial charge on any atom is -0.496 e. The number of hydrogen-bond acceptors (Lipinski definition) is 5. The molecule has 3 aromatic rings. The highest BCUT2D eigenvalue weighted by atomic mass is 32.2. The Kier molecular flexibility index (Phi) is 5.04. The van der Waals surface area contributed by atoms with E-state index >= 15 is 0 Å². The summed E-state index contributed by atoms with van der Waals surface area (Å²) in [5.74, 6) is 0.710. The molecule has 0 saturated carbocycles. The van der Waals surface area contributed by atoms with E-state index in [2.05, 4.69) is 4.98 Å². The smallest absolute Gasteiger partial charge is 0.227 e. The SMILES string of the molecule is COc1ccc2ccccc2c1CCC(=O)N1CC(S(=O)(=O)c2nccn2C)C1. The molecule has 1 fully saturated rings. The molecule has 4 rings (SSSR count). The number of methoxy groups -OCH3 is 1. The number of aryl methyl sites for hydroxylation is 2. The molecule has 29 heavy (non-hydrogen) atoms. The van der Waals surface area contributed by atoms with Crippen molar-refractivity contribution in [1.82, 2.24) is 14.5 Å². The van der Waals surface area contributed by atoms with E-state index in [1.165, 1.54) is 10.8 Å². The van der Waals surface area contributed by atoms with Crippen molar-refractivity contribution in [3.8, 4) is 5.75 Å². The maximum atomic E-state index is 12.6. The molecule has 0 bridgehead atoms. The highest BCUT2D eigenvalue weighted by molar-refractivity contribution is 7.92. The lowest BCUT2D eigenvalue weighted by Crippen LogP contribution is -2.57. The summed E-state index contributed by atoms with van der Waals surface area (Å²) in [6, 6.07) is 11.9. The highest BCUT2D eigenvalue weighted by Crippen LogP contribution is 2.30. The van der Waals surface area contributed by atoms with E-state index in [1.807, 2.05) is 36.4 Å². The van der Waals surface area contributed by atoms with Gasteiger partial charge in [0.25, 0.3) is 0 Å². The van der Waals surface area contributed by atoms with Gasteiger partial charge in [-0.2, -0.15) is 0 Å². The Hall–Kier alpha value is -2.87. The molecule has 1 saturated heterocycles. The molecule has 2 heterocycles. The van der Waals surface area contributed by atoms with Crippen LogP contribution in [0, 0.1) is 0 Å². The number of hydrogen-bond donors (Lipinski definition) is 0. The zero-order valence-electron chi connectivity index (χ0n) is 16.4. The quantitative estimate of drug-likeness (QED) is 0.619. The standard InChI is InChI=1S/C21H23N3O4S/c1-23-12-11-22-21(23)29(26,27)16-13-24(14-16)20(25)10-8-18-17-6-4-3-5-15(17)7-9-19(18)28-2/h3-7,9,11-12,16H,8,10,13-14H2,1-2H3. The molecule has 0 unspecified atom stereocenters. The predicted molar refractivity (Wildman–Crippen MR) is 110 cm³/mol. The second kappa shape index (κ2) is 7.51. The molecular formula is C21H23N3O4S. The van der Waals surface area contributed by atoms with Gasteiger partial charge in [-0.25, -0.2) is 13.4 Å². The van der Waals surface area contributed by atoms with Gasteiger partial charge in [0.2, 0.25) is 20.9 Å². The van der Waals surface area contributed by atoms with Gasteiger partial charge < -0.3 is 14.2 Å². The van der Waals surface area contributed by atoms with Crippen molar-refractivity contribution in [1.29, 1.82) is 0 Å². The molecule has 152 valence electrons. The van der Waals surface area contributed by atoms with Crippen molar-refractivity contribution in [3.05, 3.63) is 54.4 Å². The summed E-state index contributed by atoms with van der Waals surface area (Å²) < 4.78 is 32.3. The van der Waals surface area contributed by atoms with Gasteiger partial charge in [-0.1, -0.05) is 30.3 Å². The average molecular weight is 413 g/mol. The van der Waals surface area contributed by atoms with Gasteiger partial charge in [-0.15, -0.1) is 0 Å². The largest absolute Gasteiger partial charge is 0.496 e. The maximum Gasteiger partial charge on any atom is 0.227 e. The van der Waals surface area contributed by atoms with Gasteiger partial charge in [0.1, 0.15) is 11.0 Å². The normalized spacial score (nSPS) is 14.8. The third-order valence-electron chi connectivity index (χ3n) is 5.48. The zero-order chi connectivity index (χ0) is 20.6. The van der Waals surface area contributed by atoms with Crippen molar-refractivity contribution in [3.63, 3.8) is 0 Å². The number of aromatic nitrogens is 2. The fraction of sp³-hybridized carbons (Fsp3) is 0.333. The van der Waals surface area contributed by atoms with Gasteiger partial charge >= 0.3 is 0 Å². The van der Waals surface area contributed by atoms with Crippen molar-refractivity contribution in [2.75, 3.05) is 20.2 Å². The van der Waals surface area contributed by atoms with Crippen LogP contribution in [0.2, 0.25) is 0 Å². The molecule has 7 nitrogen and oxygen atoms in total. The van der Waals surface area contributed by atoms with Gasteiger partial charge in [0.15, 0.2) is 0 Å². The lowest BCUT2D eigenvalue weighted by atomic mass is 9.99. The van der Waals surface area contributed by atoms with Crippen LogP contribution in [0.15, 0.2) is 53.9 Å².